The van der Waals surface area contributed by atoms with E-state index in [0.717, 1.165) is 18.4 Å². The molecule has 0 unspecified atom stereocenters. The lowest BCUT2D eigenvalue weighted by atomic mass is 9.73. The molecular formula is C17H18Cl2O3. The summed E-state index contributed by atoms with van der Waals surface area (Å²) in [6.45, 7) is 2.02. The van der Waals surface area contributed by atoms with Gasteiger partial charge in [-0.2, -0.15) is 0 Å². The summed E-state index contributed by atoms with van der Waals surface area (Å²) >= 11 is 12.5. The van der Waals surface area contributed by atoms with Gasteiger partial charge in [-0.1, -0.05) is 49.0 Å². The summed E-state index contributed by atoms with van der Waals surface area (Å²) in [6.07, 6.45) is 4.94. The van der Waals surface area contributed by atoms with Crippen molar-refractivity contribution in [3.05, 3.63) is 32.8 Å². The van der Waals surface area contributed by atoms with Gasteiger partial charge in [-0.25, -0.2) is 0 Å². The van der Waals surface area contributed by atoms with Crippen molar-refractivity contribution < 1.29 is 14.7 Å². The molecule has 2 aliphatic carbocycles. The minimum absolute atomic E-state index is 0.0724. The van der Waals surface area contributed by atoms with E-state index in [4.69, 9.17) is 28.3 Å². The molecule has 0 aliphatic heterocycles. The Morgan fingerprint density at radius 3 is 2.55 bits per heavy atom. The average molecular weight is 341 g/mol. The van der Waals surface area contributed by atoms with Crippen molar-refractivity contribution in [1.29, 1.82) is 0 Å². The number of rotatable bonds is 3. The largest absolute Gasteiger partial charge is 0.481 e. The fourth-order valence-corrected chi connectivity index (χ4v) is 4.61. The number of carboxylic acids is 1. The van der Waals surface area contributed by atoms with Crippen LogP contribution in [0.2, 0.25) is 10.0 Å². The van der Waals surface area contributed by atoms with E-state index >= 15 is 0 Å². The number of carboxylic acid groups (broad SMARTS) is 1. The van der Waals surface area contributed by atoms with Crippen LogP contribution >= 0.6 is 23.2 Å². The van der Waals surface area contributed by atoms with Crippen LogP contribution in [0.3, 0.4) is 0 Å². The zero-order valence-electron chi connectivity index (χ0n) is 12.4. The maximum Gasteiger partial charge on any atom is 0.307 e. The standard InChI is InChI=1S/C17H18Cl2O3/c1-17(11-4-2-3-5-11)8-10-6-9(7-12(20)21)14(18)15(19)13(10)16(17)22/h6,11H,2-5,7-8H2,1H3,(H,20,21)/t17-/m1/s1. The van der Waals surface area contributed by atoms with Gasteiger partial charge in [-0.3, -0.25) is 9.59 Å². The van der Waals surface area contributed by atoms with Gasteiger partial charge in [0.15, 0.2) is 5.78 Å². The lowest BCUT2D eigenvalue weighted by Crippen LogP contribution is -2.32. The Morgan fingerprint density at radius 1 is 1.32 bits per heavy atom. The molecule has 1 aromatic rings. The predicted octanol–water partition coefficient (Wildman–Crippen LogP) is 4.56. The van der Waals surface area contributed by atoms with Crippen molar-refractivity contribution >= 4 is 35.0 Å². The number of carbonyl (C=O) groups is 2. The minimum atomic E-state index is -0.958. The van der Waals surface area contributed by atoms with Gasteiger partial charge in [0.05, 0.1) is 16.5 Å². The van der Waals surface area contributed by atoms with Crippen LogP contribution in [0.1, 0.15) is 54.1 Å². The van der Waals surface area contributed by atoms with Crippen molar-refractivity contribution in [2.45, 2.75) is 45.4 Å². The predicted molar refractivity (Wildman–Crippen MR) is 85.9 cm³/mol. The van der Waals surface area contributed by atoms with E-state index in [9.17, 15) is 9.59 Å². The van der Waals surface area contributed by atoms with Crippen LogP contribution in [0.25, 0.3) is 0 Å². The Kier molecular flexibility index (Phi) is 3.98. The fourth-order valence-electron chi connectivity index (χ4n) is 4.07. The van der Waals surface area contributed by atoms with Crippen molar-refractivity contribution in [1.82, 2.24) is 0 Å². The van der Waals surface area contributed by atoms with Crippen LogP contribution in [0.5, 0.6) is 0 Å². The number of benzene rings is 1. The highest BCUT2D eigenvalue weighted by Crippen LogP contribution is 2.51. The Labute approximate surface area is 139 Å². The molecule has 0 amide bonds. The maximum atomic E-state index is 13.0. The van der Waals surface area contributed by atoms with E-state index in [-0.39, 0.29) is 22.2 Å². The summed E-state index contributed by atoms with van der Waals surface area (Å²) in [7, 11) is 0. The number of carbonyl (C=O) groups excluding carboxylic acids is 1. The molecule has 1 fully saturated rings. The van der Waals surface area contributed by atoms with Crippen LogP contribution in [0.15, 0.2) is 6.07 Å². The molecule has 3 rings (SSSR count). The zero-order chi connectivity index (χ0) is 16.1. The second-order valence-electron chi connectivity index (χ2n) is 6.67. The first-order valence-electron chi connectivity index (χ1n) is 7.61. The van der Waals surface area contributed by atoms with E-state index in [2.05, 4.69) is 0 Å². The number of ketones is 1. The number of hydrogen-bond donors (Lipinski definition) is 1. The highest BCUT2D eigenvalue weighted by molar-refractivity contribution is 6.45. The van der Waals surface area contributed by atoms with Gasteiger partial charge in [0, 0.05) is 11.0 Å². The van der Waals surface area contributed by atoms with Crippen molar-refractivity contribution in [3.63, 3.8) is 0 Å². The Hall–Kier alpha value is -1.06. The number of aliphatic carboxylic acids is 1. The van der Waals surface area contributed by atoms with Gasteiger partial charge in [-0.15, -0.1) is 0 Å². The molecule has 22 heavy (non-hydrogen) atoms. The molecule has 2 aliphatic rings. The fraction of sp³-hybridized carbons (Fsp3) is 0.529. The molecule has 0 heterocycles. The number of Topliss-reactive ketones (excluding diaryl/α,β-unsaturated/α-hetero) is 1. The highest BCUT2D eigenvalue weighted by Gasteiger charge is 2.49. The van der Waals surface area contributed by atoms with Gasteiger partial charge in [-0.05, 0) is 36.3 Å². The van der Waals surface area contributed by atoms with Crippen molar-refractivity contribution in [2.24, 2.45) is 11.3 Å². The molecule has 5 heteroatoms. The Morgan fingerprint density at radius 2 is 1.95 bits per heavy atom. The summed E-state index contributed by atoms with van der Waals surface area (Å²) in [4.78, 5) is 23.9. The Balaban J connectivity index is 2.05. The van der Waals surface area contributed by atoms with Crippen LogP contribution in [-0.2, 0) is 17.6 Å². The molecule has 118 valence electrons. The van der Waals surface area contributed by atoms with Crippen LogP contribution in [0.4, 0.5) is 0 Å². The topological polar surface area (TPSA) is 54.4 Å². The molecule has 1 saturated carbocycles. The molecule has 0 bridgehead atoms. The number of hydrogen-bond acceptors (Lipinski definition) is 2. The third-order valence-corrected chi connectivity index (χ3v) is 6.17. The molecule has 1 aromatic carbocycles. The molecule has 0 radical (unpaired) electrons. The van der Waals surface area contributed by atoms with Gasteiger partial charge in [0.2, 0.25) is 0 Å². The monoisotopic (exact) mass is 340 g/mol. The van der Waals surface area contributed by atoms with Crippen LogP contribution < -0.4 is 0 Å². The van der Waals surface area contributed by atoms with Crippen LogP contribution in [0, 0.1) is 11.3 Å². The van der Waals surface area contributed by atoms with Gasteiger partial charge in [0.25, 0.3) is 0 Å². The van der Waals surface area contributed by atoms with E-state index in [1.165, 1.54) is 12.8 Å². The first-order valence-corrected chi connectivity index (χ1v) is 8.36. The van der Waals surface area contributed by atoms with Gasteiger partial charge in [0.1, 0.15) is 0 Å². The third-order valence-electron chi connectivity index (χ3n) is 5.27. The summed E-state index contributed by atoms with van der Waals surface area (Å²) in [5.74, 6) is -0.505. The normalized spacial score (nSPS) is 24.8. The first kappa shape index (κ1) is 15.8. The SMILES string of the molecule is C[C@]1(C2CCCC2)Cc2cc(CC(=O)O)c(Cl)c(Cl)c2C1=O. The van der Waals surface area contributed by atoms with Crippen LogP contribution in [-0.4, -0.2) is 16.9 Å². The molecule has 3 nitrogen and oxygen atoms in total. The van der Waals surface area contributed by atoms with Crippen molar-refractivity contribution in [2.75, 3.05) is 0 Å². The molecule has 0 aromatic heterocycles. The minimum Gasteiger partial charge on any atom is -0.481 e. The Bertz CT molecular complexity index is 662. The van der Waals surface area contributed by atoms with E-state index < -0.39 is 11.4 Å². The zero-order valence-corrected chi connectivity index (χ0v) is 13.9. The lowest BCUT2D eigenvalue weighted by Gasteiger charge is -2.29. The summed E-state index contributed by atoms with van der Waals surface area (Å²) in [5.41, 5.74) is 1.43. The highest BCUT2D eigenvalue weighted by atomic mass is 35.5. The summed E-state index contributed by atoms with van der Waals surface area (Å²) in [5, 5.41) is 9.41. The lowest BCUT2D eigenvalue weighted by molar-refractivity contribution is -0.136. The van der Waals surface area contributed by atoms with E-state index in [0.29, 0.717) is 23.5 Å². The second-order valence-corrected chi connectivity index (χ2v) is 7.43. The third kappa shape index (κ3) is 2.35. The number of halogens is 2. The second kappa shape index (κ2) is 5.54. The number of fused-ring (bicyclic) bond motifs is 1. The van der Waals surface area contributed by atoms with Gasteiger partial charge >= 0.3 is 5.97 Å². The molecule has 0 saturated heterocycles. The molecule has 1 N–H and O–H groups in total. The average Bonchev–Trinajstić information content (AvgIpc) is 3.05. The summed E-state index contributed by atoms with van der Waals surface area (Å²) < 4.78 is 0. The first-order chi connectivity index (χ1) is 10.3. The quantitative estimate of drug-likeness (QED) is 0.877. The molecular weight excluding hydrogens is 323 g/mol. The molecule has 0 spiro atoms. The van der Waals surface area contributed by atoms with E-state index in [1.807, 2.05) is 6.92 Å². The molecule has 1 atom stereocenters. The van der Waals surface area contributed by atoms with Gasteiger partial charge < -0.3 is 5.11 Å². The van der Waals surface area contributed by atoms with E-state index in [1.54, 1.807) is 6.07 Å². The maximum absolute atomic E-state index is 13.0. The smallest absolute Gasteiger partial charge is 0.307 e. The van der Waals surface area contributed by atoms with Crippen molar-refractivity contribution in [3.8, 4) is 0 Å². The summed E-state index contributed by atoms with van der Waals surface area (Å²) in [6, 6.07) is 1.76.